The minimum absolute atomic E-state index is 0.287. The predicted molar refractivity (Wildman–Crippen MR) is 81.3 cm³/mol. The van der Waals surface area contributed by atoms with Gasteiger partial charge in [-0.3, -0.25) is 4.57 Å². The average Bonchev–Trinajstić information content (AvgIpc) is 2.76. The summed E-state index contributed by atoms with van der Waals surface area (Å²) in [6, 6.07) is 10.7. The molecule has 0 bridgehead atoms. The van der Waals surface area contributed by atoms with Crippen LogP contribution in [0.3, 0.4) is 0 Å². The molecule has 0 radical (unpaired) electrons. The second-order valence-electron chi connectivity index (χ2n) is 4.80. The second kappa shape index (κ2) is 5.09. The molecule has 108 valence electrons. The van der Waals surface area contributed by atoms with E-state index >= 15 is 0 Å². The van der Waals surface area contributed by atoms with Crippen LogP contribution in [0.4, 0.5) is 10.3 Å². The van der Waals surface area contributed by atoms with Gasteiger partial charge in [0.15, 0.2) is 0 Å². The van der Waals surface area contributed by atoms with Crippen LogP contribution in [-0.4, -0.2) is 16.2 Å². The first-order valence-electron chi connectivity index (χ1n) is 6.78. The number of fused-ring (bicyclic) bond motifs is 1. The molecule has 3 rings (SSSR count). The molecule has 2 N–H and O–H groups in total. The van der Waals surface area contributed by atoms with Crippen LogP contribution in [0.25, 0.3) is 16.7 Å². The zero-order valence-corrected chi connectivity index (χ0v) is 11.9. The third-order valence-electron chi connectivity index (χ3n) is 3.37. The molecule has 2 aromatic carbocycles. The first-order valence-corrected chi connectivity index (χ1v) is 6.78. The van der Waals surface area contributed by atoms with Gasteiger partial charge < -0.3 is 10.5 Å². The van der Waals surface area contributed by atoms with Gasteiger partial charge in [-0.05, 0) is 37.6 Å². The van der Waals surface area contributed by atoms with Crippen LogP contribution in [0.5, 0.6) is 5.75 Å². The number of ether oxygens (including phenoxy) is 1. The lowest BCUT2D eigenvalue weighted by atomic mass is 10.2. The summed E-state index contributed by atoms with van der Waals surface area (Å²) in [6.45, 7) is 4.19. The molecular formula is C16H16FN3O. The van der Waals surface area contributed by atoms with Crippen molar-refractivity contribution in [1.82, 2.24) is 9.55 Å². The van der Waals surface area contributed by atoms with E-state index in [1.807, 2.05) is 31.2 Å². The monoisotopic (exact) mass is 285 g/mol. The van der Waals surface area contributed by atoms with E-state index in [1.54, 1.807) is 17.6 Å². The van der Waals surface area contributed by atoms with Gasteiger partial charge in [-0.25, -0.2) is 9.37 Å². The lowest BCUT2D eigenvalue weighted by Crippen LogP contribution is -2.04. The van der Waals surface area contributed by atoms with Crippen molar-refractivity contribution in [2.24, 2.45) is 0 Å². The van der Waals surface area contributed by atoms with E-state index in [4.69, 9.17) is 10.5 Å². The van der Waals surface area contributed by atoms with Crippen molar-refractivity contribution in [2.45, 2.75) is 13.8 Å². The highest BCUT2D eigenvalue weighted by Gasteiger charge is 2.15. The van der Waals surface area contributed by atoms with Gasteiger partial charge in [-0.1, -0.05) is 12.1 Å². The Labute approximate surface area is 122 Å². The zero-order chi connectivity index (χ0) is 15.0. The maximum Gasteiger partial charge on any atom is 0.206 e. The molecule has 0 saturated carbocycles. The van der Waals surface area contributed by atoms with Gasteiger partial charge in [-0.2, -0.15) is 0 Å². The molecule has 0 fully saturated rings. The van der Waals surface area contributed by atoms with Gasteiger partial charge in [-0.15, -0.1) is 0 Å². The van der Waals surface area contributed by atoms with Crippen LogP contribution in [0.2, 0.25) is 0 Å². The Bertz CT molecular complexity index is 811. The molecule has 0 aliphatic rings. The number of nitrogens with two attached hydrogens (primary N) is 1. The lowest BCUT2D eigenvalue weighted by Gasteiger charge is -2.12. The van der Waals surface area contributed by atoms with Gasteiger partial charge in [0.05, 0.1) is 23.3 Å². The third kappa shape index (κ3) is 2.20. The molecule has 4 nitrogen and oxygen atoms in total. The third-order valence-corrected chi connectivity index (χ3v) is 3.37. The number of anilines is 1. The number of nitrogens with zero attached hydrogens (tertiary/aromatic N) is 2. The van der Waals surface area contributed by atoms with Crippen molar-refractivity contribution in [2.75, 3.05) is 12.3 Å². The summed E-state index contributed by atoms with van der Waals surface area (Å²) in [6.07, 6.45) is 0. The highest BCUT2D eigenvalue weighted by Crippen LogP contribution is 2.30. The van der Waals surface area contributed by atoms with Crippen molar-refractivity contribution in [3.63, 3.8) is 0 Å². The van der Waals surface area contributed by atoms with Crippen molar-refractivity contribution in [3.05, 3.63) is 47.8 Å². The summed E-state index contributed by atoms with van der Waals surface area (Å²) in [5.74, 6) is 0.736. The Morgan fingerprint density at radius 3 is 2.81 bits per heavy atom. The number of hydrogen-bond donors (Lipinski definition) is 1. The van der Waals surface area contributed by atoms with Crippen LogP contribution >= 0.6 is 0 Å². The zero-order valence-electron chi connectivity index (χ0n) is 11.9. The number of imidazole rings is 1. The van der Waals surface area contributed by atoms with Crippen LogP contribution in [0.1, 0.15) is 12.5 Å². The highest BCUT2D eigenvalue weighted by molar-refractivity contribution is 5.82. The van der Waals surface area contributed by atoms with E-state index in [9.17, 15) is 4.39 Å². The van der Waals surface area contributed by atoms with Crippen LogP contribution in [-0.2, 0) is 0 Å². The first kappa shape index (κ1) is 13.4. The molecule has 0 saturated heterocycles. The Morgan fingerprint density at radius 2 is 2.05 bits per heavy atom. The first-order chi connectivity index (χ1) is 10.1. The Kier molecular flexibility index (Phi) is 3.25. The molecule has 3 aromatic rings. The van der Waals surface area contributed by atoms with E-state index in [-0.39, 0.29) is 5.82 Å². The van der Waals surface area contributed by atoms with Crippen LogP contribution < -0.4 is 10.5 Å². The summed E-state index contributed by atoms with van der Waals surface area (Å²) in [5, 5.41) is 0. The number of rotatable bonds is 3. The van der Waals surface area contributed by atoms with E-state index in [2.05, 4.69) is 4.98 Å². The summed E-state index contributed by atoms with van der Waals surface area (Å²) < 4.78 is 21.1. The number of nitrogen functional groups attached to an aromatic ring is 1. The summed E-state index contributed by atoms with van der Waals surface area (Å²) in [4.78, 5) is 4.24. The summed E-state index contributed by atoms with van der Waals surface area (Å²) in [5.41, 5.74) is 8.67. The molecule has 21 heavy (non-hydrogen) atoms. The van der Waals surface area contributed by atoms with Crippen LogP contribution in [0, 0.1) is 12.7 Å². The fourth-order valence-electron chi connectivity index (χ4n) is 2.39. The number of aromatic nitrogens is 2. The van der Waals surface area contributed by atoms with Gasteiger partial charge in [0.1, 0.15) is 11.6 Å². The van der Waals surface area contributed by atoms with Gasteiger partial charge >= 0.3 is 0 Å². The Balaban J connectivity index is 2.30. The molecule has 1 aromatic heterocycles. The van der Waals surface area contributed by atoms with Crippen molar-refractivity contribution < 1.29 is 9.13 Å². The maximum absolute atomic E-state index is 13.7. The fraction of sp³-hybridized carbons (Fsp3) is 0.188. The highest BCUT2D eigenvalue weighted by atomic mass is 19.1. The molecule has 0 atom stereocenters. The largest absolute Gasteiger partial charge is 0.492 e. The normalized spacial score (nSPS) is 11.0. The molecule has 1 heterocycles. The number of para-hydroxylation sites is 2. The van der Waals surface area contributed by atoms with Gasteiger partial charge in [0, 0.05) is 6.07 Å². The maximum atomic E-state index is 13.7. The van der Waals surface area contributed by atoms with E-state index < -0.39 is 0 Å². The topological polar surface area (TPSA) is 53.1 Å². The van der Waals surface area contributed by atoms with E-state index in [1.165, 1.54) is 6.07 Å². The summed E-state index contributed by atoms with van der Waals surface area (Å²) in [7, 11) is 0. The van der Waals surface area contributed by atoms with E-state index in [0.717, 1.165) is 11.2 Å². The number of hydrogen-bond acceptors (Lipinski definition) is 3. The second-order valence-corrected chi connectivity index (χ2v) is 4.80. The Morgan fingerprint density at radius 1 is 1.29 bits per heavy atom. The van der Waals surface area contributed by atoms with Crippen molar-refractivity contribution in [1.29, 1.82) is 0 Å². The van der Waals surface area contributed by atoms with E-state index in [0.29, 0.717) is 29.4 Å². The fourth-order valence-corrected chi connectivity index (χ4v) is 2.39. The Hall–Kier alpha value is -2.56. The quantitative estimate of drug-likeness (QED) is 0.802. The minimum Gasteiger partial charge on any atom is -0.492 e. The molecule has 0 aliphatic heterocycles. The van der Waals surface area contributed by atoms with Crippen molar-refractivity contribution in [3.8, 4) is 11.4 Å². The SMILES string of the molecule is CCOc1ccccc1-n1c(N)nc2cc(F)c(C)cc21. The average molecular weight is 285 g/mol. The standard InChI is InChI=1S/C16H16FN3O/c1-3-21-15-7-5-4-6-13(15)20-14-8-10(2)11(17)9-12(14)19-16(20)18/h4-9H,3H2,1-2H3,(H2,18,19). The molecule has 0 aliphatic carbocycles. The predicted octanol–water partition coefficient (Wildman–Crippen LogP) is 3.45. The van der Waals surface area contributed by atoms with Gasteiger partial charge in [0.2, 0.25) is 5.95 Å². The van der Waals surface area contributed by atoms with Gasteiger partial charge in [0.25, 0.3) is 0 Å². The molecule has 0 amide bonds. The lowest BCUT2D eigenvalue weighted by molar-refractivity contribution is 0.339. The minimum atomic E-state index is -0.287. The van der Waals surface area contributed by atoms with Crippen LogP contribution in [0.15, 0.2) is 36.4 Å². The molecular weight excluding hydrogens is 269 g/mol. The smallest absolute Gasteiger partial charge is 0.206 e. The summed E-state index contributed by atoms with van der Waals surface area (Å²) >= 11 is 0. The number of benzene rings is 2. The molecule has 5 heteroatoms. The molecule has 0 unspecified atom stereocenters. The number of halogens is 1. The number of aryl methyl sites for hydroxylation is 1. The van der Waals surface area contributed by atoms with Crippen molar-refractivity contribution >= 4 is 17.0 Å². The molecule has 0 spiro atoms.